The smallest absolute Gasteiger partial charge is 0.264 e. The maximum absolute atomic E-state index is 11.4. The fourth-order valence-electron chi connectivity index (χ4n) is 3.36. The molecule has 5 nitrogen and oxygen atoms in total. The fraction of sp³-hybridized carbons (Fsp3) is 0.474. The van der Waals surface area contributed by atoms with Crippen LogP contribution in [0, 0.1) is 6.92 Å². The molecule has 2 aromatic rings. The summed E-state index contributed by atoms with van der Waals surface area (Å²) in [4.78, 5) is 13.9. The van der Waals surface area contributed by atoms with Gasteiger partial charge in [0.05, 0.1) is 12.8 Å². The van der Waals surface area contributed by atoms with Crippen LogP contribution < -0.4 is 10.3 Å². The topological polar surface area (TPSA) is 58.2 Å². The minimum Gasteiger partial charge on any atom is -0.494 e. The van der Waals surface area contributed by atoms with E-state index in [1.54, 1.807) is 12.3 Å². The Kier molecular flexibility index (Phi) is 5.30. The molecule has 5 heteroatoms. The summed E-state index contributed by atoms with van der Waals surface area (Å²) in [6.07, 6.45) is 5.35. The lowest BCUT2D eigenvalue weighted by molar-refractivity contribution is 0.230. The molecule has 0 amide bonds. The number of nitrogens with one attached hydrogen (secondary N) is 1. The molecule has 0 bridgehead atoms. The van der Waals surface area contributed by atoms with Crippen LogP contribution in [0.3, 0.4) is 0 Å². The molecule has 1 aliphatic rings. The van der Waals surface area contributed by atoms with Crippen LogP contribution in [0.5, 0.6) is 5.75 Å². The van der Waals surface area contributed by atoms with E-state index in [1.165, 1.54) is 19.4 Å². The number of likely N-dealkylation sites (tertiary alicyclic amines) is 1. The molecular weight excluding hydrogens is 302 g/mol. The average molecular weight is 327 g/mol. The van der Waals surface area contributed by atoms with Crippen LogP contribution in [0.15, 0.2) is 35.3 Å². The molecule has 0 aliphatic carbocycles. The maximum Gasteiger partial charge on any atom is 0.264 e. The predicted octanol–water partition coefficient (Wildman–Crippen LogP) is 3.00. The minimum absolute atomic E-state index is 0.191. The minimum atomic E-state index is -0.191. The molecule has 24 heavy (non-hydrogen) atoms. The van der Waals surface area contributed by atoms with E-state index in [1.807, 2.05) is 25.1 Å². The Hall–Kier alpha value is -2.14. The van der Waals surface area contributed by atoms with E-state index in [4.69, 9.17) is 4.74 Å². The van der Waals surface area contributed by atoms with Crippen LogP contribution in [0.1, 0.15) is 31.7 Å². The summed E-state index contributed by atoms with van der Waals surface area (Å²) in [6, 6.07) is 8.25. The summed E-state index contributed by atoms with van der Waals surface area (Å²) in [6.45, 7) is 7.39. The van der Waals surface area contributed by atoms with Crippen molar-refractivity contribution in [2.24, 2.45) is 0 Å². The molecule has 1 atom stereocenters. The zero-order valence-corrected chi connectivity index (χ0v) is 14.4. The summed E-state index contributed by atoms with van der Waals surface area (Å²) >= 11 is 0. The van der Waals surface area contributed by atoms with Gasteiger partial charge in [0, 0.05) is 24.2 Å². The lowest BCUT2D eigenvalue weighted by Gasteiger charge is -2.20. The van der Waals surface area contributed by atoms with Gasteiger partial charge in [-0.1, -0.05) is 6.07 Å². The second-order valence-corrected chi connectivity index (χ2v) is 6.54. The van der Waals surface area contributed by atoms with Crippen LogP contribution >= 0.6 is 0 Å². The summed E-state index contributed by atoms with van der Waals surface area (Å²) in [5.74, 6) is 0.878. The highest BCUT2D eigenvalue weighted by Gasteiger charge is 2.19. The zero-order valence-electron chi connectivity index (χ0n) is 14.4. The Morgan fingerprint density at radius 3 is 2.96 bits per heavy atom. The first-order valence-electron chi connectivity index (χ1n) is 8.66. The van der Waals surface area contributed by atoms with Gasteiger partial charge >= 0.3 is 0 Å². The quantitative estimate of drug-likeness (QED) is 0.829. The Balaban J connectivity index is 1.56. The summed E-state index contributed by atoms with van der Waals surface area (Å²) in [5.41, 5.74) is 2.72. The van der Waals surface area contributed by atoms with Crippen molar-refractivity contribution in [2.45, 2.75) is 39.2 Å². The van der Waals surface area contributed by atoms with Gasteiger partial charge in [0.15, 0.2) is 0 Å². The van der Waals surface area contributed by atoms with Crippen LogP contribution in [0.4, 0.5) is 0 Å². The number of aryl methyl sites for hydroxylation is 1. The second-order valence-electron chi connectivity index (χ2n) is 6.54. The second kappa shape index (κ2) is 7.62. The van der Waals surface area contributed by atoms with E-state index < -0.39 is 0 Å². The molecule has 2 heterocycles. The van der Waals surface area contributed by atoms with Gasteiger partial charge < -0.3 is 9.64 Å². The fourth-order valence-corrected chi connectivity index (χ4v) is 3.36. The monoisotopic (exact) mass is 327 g/mol. The van der Waals surface area contributed by atoms with Crippen LogP contribution in [0.2, 0.25) is 0 Å². The van der Waals surface area contributed by atoms with Crippen LogP contribution in [-0.4, -0.2) is 40.8 Å². The molecule has 1 N–H and O–H groups in total. The number of hydrogen-bond acceptors (Lipinski definition) is 4. The molecule has 128 valence electrons. The van der Waals surface area contributed by atoms with Crippen molar-refractivity contribution < 1.29 is 4.74 Å². The molecule has 0 spiro atoms. The van der Waals surface area contributed by atoms with E-state index in [9.17, 15) is 4.79 Å². The van der Waals surface area contributed by atoms with E-state index in [2.05, 4.69) is 22.0 Å². The molecule has 1 aromatic carbocycles. The zero-order chi connectivity index (χ0) is 16.9. The summed E-state index contributed by atoms with van der Waals surface area (Å²) in [5, 5.41) is 6.25. The number of aromatic nitrogens is 2. The average Bonchev–Trinajstić information content (AvgIpc) is 2.97. The Morgan fingerprint density at radius 1 is 1.38 bits per heavy atom. The number of aromatic amines is 1. The molecule has 0 saturated carbocycles. The third kappa shape index (κ3) is 4.03. The molecule has 0 unspecified atom stereocenters. The van der Waals surface area contributed by atoms with E-state index in [0.29, 0.717) is 6.04 Å². The highest BCUT2D eigenvalue weighted by atomic mass is 16.5. The van der Waals surface area contributed by atoms with Gasteiger partial charge in [0.2, 0.25) is 0 Å². The van der Waals surface area contributed by atoms with Gasteiger partial charge in [-0.2, -0.15) is 5.10 Å². The van der Waals surface area contributed by atoms with Crippen molar-refractivity contribution in [1.82, 2.24) is 15.1 Å². The van der Waals surface area contributed by atoms with Gasteiger partial charge in [-0.05, 0) is 62.9 Å². The highest BCUT2D eigenvalue weighted by Crippen LogP contribution is 2.25. The number of ether oxygens (including phenoxy) is 1. The first-order chi connectivity index (χ1) is 11.6. The van der Waals surface area contributed by atoms with Crippen molar-refractivity contribution in [3.63, 3.8) is 0 Å². The molecule has 3 rings (SSSR count). The number of hydrogen-bond donors (Lipinski definition) is 1. The molecule has 1 aromatic heterocycles. The lowest BCUT2D eigenvalue weighted by atomic mass is 10.0. The normalized spacial score (nSPS) is 18.0. The van der Waals surface area contributed by atoms with E-state index in [-0.39, 0.29) is 5.56 Å². The van der Waals surface area contributed by atoms with Crippen molar-refractivity contribution in [1.29, 1.82) is 0 Å². The third-order valence-corrected chi connectivity index (χ3v) is 4.72. The number of benzene rings is 1. The Morgan fingerprint density at radius 2 is 2.25 bits per heavy atom. The number of nitrogens with zero attached hydrogens (tertiary/aromatic N) is 2. The maximum atomic E-state index is 11.4. The van der Waals surface area contributed by atoms with Crippen molar-refractivity contribution in [3.05, 3.63) is 46.4 Å². The molecule has 1 fully saturated rings. The molecule has 1 aliphatic heterocycles. The van der Waals surface area contributed by atoms with Crippen LogP contribution in [0.25, 0.3) is 11.1 Å². The van der Waals surface area contributed by atoms with Crippen molar-refractivity contribution in [3.8, 4) is 16.9 Å². The van der Waals surface area contributed by atoms with Crippen molar-refractivity contribution in [2.75, 3.05) is 19.7 Å². The number of H-pyrrole nitrogens is 1. The first-order valence-corrected chi connectivity index (χ1v) is 8.66. The predicted molar refractivity (Wildman–Crippen MR) is 95.4 cm³/mol. The first kappa shape index (κ1) is 16.7. The molecule has 0 radical (unpaired) electrons. The largest absolute Gasteiger partial charge is 0.494 e. The summed E-state index contributed by atoms with van der Waals surface area (Å²) in [7, 11) is 0. The SMILES string of the molecule is Cc1cc(OCCCN2CCC[C@H]2C)ccc1-c1cn[nH]c(=O)c1. The molecular formula is C19H25N3O2. The Bertz CT molecular complexity index is 741. The summed E-state index contributed by atoms with van der Waals surface area (Å²) < 4.78 is 5.89. The highest BCUT2D eigenvalue weighted by molar-refractivity contribution is 5.66. The van der Waals surface area contributed by atoms with E-state index in [0.717, 1.165) is 42.0 Å². The van der Waals surface area contributed by atoms with Gasteiger partial charge in [0.25, 0.3) is 5.56 Å². The van der Waals surface area contributed by atoms with Gasteiger partial charge in [-0.25, -0.2) is 5.10 Å². The van der Waals surface area contributed by atoms with Gasteiger partial charge in [0.1, 0.15) is 5.75 Å². The van der Waals surface area contributed by atoms with Crippen molar-refractivity contribution >= 4 is 0 Å². The molecule has 1 saturated heterocycles. The van der Waals surface area contributed by atoms with Gasteiger partial charge in [-0.3, -0.25) is 4.79 Å². The Labute approximate surface area is 142 Å². The number of rotatable bonds is 6. The lowest BCUT2D eigenvalue weighted by Crippen LogP contribution is -2.28. The van der Waals surface area contributed by atoms with Gasteiger partial charge in [-0.15, -0.1) is 0 Å². The van der Waals surface area contributed by atoms with Crippen LogP contribution in [-0.2, 0) is 0 Å². The standard InChI is InChI=1S/C19H25N3O2/c1-14-11-17(24-10-4-9-22-8-3-5-15(22)2)6-7-18(14)16-12-19(23)21-20-13-16/h6-7,11-13,15H,3-5,8-10H2,1-2H3,(H,21,23)/t15-/m1/s1. The third-order valence-electron chi connectivity index (χ3n) is 4.72. The van der Waals surface area contributed by atoms with E-state index >= 15 is 0 Å².